The molecule has 1 rings (SSSR count). The molecule has 4 N–H and O–H groups in total. The zero-order valence-electron chi connectivity index (χ0n) is 12.2. The van der Waals surface area contributed by atoms with E-state index in [1.807, 2.05) is 0 Å². The lowest BCUT2D eigenvalue weighted by Gasteiger charge is -2.11. The van der Waals surface area contributed by atoms with Crippen LogP contribution >= 0.6 is 0 Å². The first-order chi connectivity index (χ1) is 9.89. The van der Waals surface area contributed by atoms with E-state index < -0.39 is 16.0 Å². The number of esters is 1. The van der Waals surface area contributed by atoms with Gasteiger partial charge in [0.25, 0.3) is 0 Å². The Hall–Kier alpha value is -1.80. The molecule has 8 heteroatoms. The van der Waals surface area contributed by atoms with Crippen molar-refractivity contribution in [3.8, 4) is 0 Å². The van der Waals surface area contributed by atoms with E-state index in [-0.39, 0.29) is 12.3 Å². The SMILES string of the molecule is CCNS(=O)(=O)CCNc1ccc(C(=O)OCC)cc1N. The Morgan fingerprint density at radius 1 is 1.33 bits per heavy atom. The summed E-state index contributed by atoms with van der Waals surface area (Å²) in [7, 11) is -3.27. The summed E-state index contributed by atoms with van der Waals surface area (Å²) in [6.07, 6.45) is 0. The predicted molar refractivity (Wildman–Crippen MR) is 82.8 cm³/mol. The van der Waals surface area contributed by atoms with Gasteiger partial charge in [-0.25, -0.2) is 17.9 Å². The molecule has 0 spiro atoms. The standard InChI is InChI=1S/C13H21N3O4S/c1-3-16-21(18,19)8-7-15-12-6-5-10(9-11(12)14)13(17)20-4-2/h5-6,9,15-16H,3-4,7-8,14H2,1-2H3. The number of sulfonamides is 1. The van der Waals surface area contributed by atoms with Gasteiger partial charge >= 0.3 is 5.97 Å². The summed E-state index contributed by atoms with van der Waals surface area (Å²) in [5, 5.41) is 2.93. The Labute approximate surface area is 124 Å². The van der Waals surface area contributed by atoms with E-state index in [1.165, 1.54) is 6.07 Å². The lowest BCUT2D eigenvalue weighted by Crippen LogP contribution is -2.29. The summed E-state index contributed by atoms with van der Waals surface area (Å²) >= 11 is 0. The van der Waals surface area contributed by atoms with Gasteiger partial charge in [-0.05, 0) is 25.1 Å². The molecule has 0 unspecified atom stereocenters. The van der Waals surface area contributed by atoms with Crippen molar-refractivity contribution < 1.29 is 17.9 Å². The molecule has 118 valence electrons. The molecular formula is C13H21N3O4S. The van der Waals surface area contributed by atoms with Crippen molar-refractivity contribution >= 4 is 27.4 Å². The lowest BCUT2D eigenvalue weighted by molar-refractivity contribution is 0.0526. The van der Waals surface area contributed by atoms with Crippen LogP contribution in [-0.4, -0.2) is 39.8 Å². The highest BCUT2D eigenvalue weighted by Crippen LogP contribution is 2.20. The third-order valence-corrected chi connectivity index (χ3v) is 4.08. The average Bonchev–Trinajstić information content (AvgIpc) is 2.40. The third kappa shape index (κ3) is 5.60. The minimum absolute atomic E-state index is 0.0556. The maximum absolute atomic E-state index is 11.5. The van der Waals surface area contributed by atoms with Crippen LogP contribution in [0.15, 0.2) is 18.2 Å². The van der Waals surface area contributed by atoms with Crippen molar-refractivity contribution in [3.63, 3.8) is 0 Å². The number of nitrogens with two attached hydrogens (primary N) is 1. The quantitative estimate of drug-likeness (QED) is 0.483. The van der Waals surface area contributed by atoms with E-state index in [9.17, 15) is 13.2 Å². The number of anilines is 2. The predicted octanol–water partition coefficient (Wildman–Crippen LogP) is 0.797. The highest BCUT2D eigenvalue weighted by atomic mass is 32.2. The molecule has 1 aromatic rings. The minimum Gasteiger partial charge on any atom is -0.462 e. The Balaban J connectivity index is 2.63. The molecule has 0 atom stereocenters. The van der Waals surface area contributed by atoms with Crippen LogP contribution < -0.4 is 15.8 Å². The number of carbonyl (C=O) groups is 1. The largest absolute Gasteiger partial charge is 0.462 e. The molecule has 0 aliphatic heterocycles. The minimum atomic E-state index is -3.27. The van der Waals surface area contributed by atoms with Crippen molar-refractivity contribution in [2.75, 3.05) is 36.5 Å². The van der Waals surface area contributed by atoms with Gasteiger partial charge in [-0.2, -0.15) is 0 Å². The highest BCUT2D eigenvalue weighted by Gasteiger charge is 2.10. The van der Waals surface area contributed by atoms with Gasteiger partial charge in [0.1, 0.15) is 0 Å². The van der Waals surface area contributed by atoms with Crippen LogP contribution in [0.2, 0.25) is 0 Å². The van der Waals surface area contributed by atoms with Crippen LogP contribution in [0.3, 0.4) is 0 Å². The molecule has 21 heavy (non-hydrogen) atoms. The zero-order valence-corrected chi connectivity index (χ0v) is 13.0. The molecule has 0 radical (unpaired) electrons. The molecule has 0 fully saturated rings. The van der Waals surface area contributed by atoms with Crippen LogP contribution in [0.1, 0.15) is 24.2 Å². The fourth-order valence-corrected chi connectivity index (χ4v) is 2.63. The molecule has 0 saturated carbocycles. The summed E-state index contributed by atoms with van der Waals surface area (Å²) in [4.78, 5) is 11.5. The molecule has 0 heterocycles. The lowest BCUT2D eigenvalue weighted by atomic mass is 10.1. The maximum Gasteiger partial charge on any atom is 0.338 e. The van der Waals surface area contributed by atoms with E-state index in [0.717, 1.165) is 0 Å². The number of carbonyl (C=O) groups excluding carboxylic acids is 1. The van der Waals surface area contributed by atoms with E-state index >= 15 is 0 Å². The molecule has 0 amide bonds. The van der Waals surface area contributed by atoms with Gasteiger partial charge in [-0.1, -0.05) is 6.92 Å². The topological polar surface area (TPSA) is 111 Å². The fraction of sp³-hybridized carbons (Fsp3) is 0.462. The van der Waals surface area contributed by atoms with Crippen molar-refractivity contribution in [3.05, 3.63) is 23.8 Å². The van der Waals surface area contributed by atoms with Gasteiger partial charge in [-0.15, -0.1) is 0 Å². The second kappa shape index (κ2) is 7.84. The number of hydrogen-bond donors (Lipinski definition) is 3. The third-order valence-electron chi connectivity index (χ3n) is 2.61. The van der Waals surface area contributed by atoms with Gasteiger partial charge in [0.05, 0.1) is 29.3 Å². The number of hydrogen-bond acceptors (Lipinski definition) is 6. The number of nitrogen functional groups attached to an aromatic ring is 1. The monoisotopic (exact) mass is 315 g/mol. The number of nitrogens with one attached hydrogen (secondary N) is 2. The van der Waals surface area contributed by atoms with E-state index in [4.69, 9.17) is 10.5 Å². The van der Waals surface area contributed by atoms with E-state index in [2.05, 4.69) is 10.0 Å². The maximum atomic E-state index is 11.5. The van der Waals surface area contributed by atoms with Gasteiger partial charge in [0.15, 0.2) is 0 Å². The second-order valence-electron chi connectivity index (χ2n) is 4.27. The highest BCUT2D eigenvalue weighted by molar-refractivity contribution is 7.89. The smallest absolute Gasteiger partial charge is 0.338 e. The zero-order chi connectivity index (χ0) is 15.9. The summed E-state index contributed by atoms with van der Waals surface area (Å²) in [5.74, 6) is -0.495. The average molecular weight is 315 g/mol. The summed E-state index contributed by atoms with van der Waals surface area (Å²) in [6, 6.07) is 4.70. The molecular weight excluding hydrogens is 294 g/mol. The Bertz CT molecular complexity index is 587. The van der Waals surface area contributed by atoms with Gasteiger partial charge in [0.2, 0.25) is 10.0 Å². The van der Waals surface area contributed by atoms with E-state index in [0.29, 0.717) is 30.1 Å². The van der Waals surface area contributed by atoms with Crippen molar-refractivity contribution in [1.82, 2.24) is 4.72 Å². The summed E-state index contributed by atoms with van der Waals surface area (Å²) in [6.45, 7) is 4.32. The molecule has 0 aliphatic rings. The Kier molecular flexibility index (Phi) is 6.44. The van der Waals surface area contributed by atoms with Crippen LogP contribution in [0.5, 0.6) is 0 Å². The number of rotatable bonds is 8. The van der Waals surface area contributed by atoms with Crippen LogP contribution in [0, 0.1) is 0 Å². The molecule has 0 aliphatic carbocycles. The molecule has 0 saturated heterocycles. The van der Waals surface area contributed by atoms with Crippen molar-refractivity contribution in [1.29, 1.82) is 0 Å². The van der Waals surface area contributed by atoms with Crippen LogP contribution in [0.4, 0.5) is 11.4 Å². The molecule has 0 aromatic heterocycles. The van der Waals surface area contributed by atoms with Crippen LogP contribution in [-0.2, 0) is 14.8 Å². The van der Waals surface area contributed by atoms with Crippen molar-refractivity contribution in [2.24, 2.45) is 0 Å². The Morgan fingerprint density at radius 3 is 2.62 bits per heavy atom. The van der Waals surface area contributed by atoms with Gasteiger partial charge in [-0.3, -0.25) is 0 Å². The molecule has 0 bridgehead atoms. The normalized spacial score (nSPS) is 11.1. The number of benzene rings is 1. The first-order valence-corrected chi connectivity index (χ1v) is 8.32. The summed E-state index contributed by atoms with van der Waals surface area (Å²) < 4.78 is 30.2. The first-order valence-electron chi connectivity index (χ1n) is 6.67. The van der Waals surface area contributed by atoms with E-state index in [1.54, 1.807) is 26.0 Å². The van der Waals surface area contributed by atoms with Gasteiger partial charge in [0, 0.05) is 13.1 Å². The number of ether oxygens (including phenoxy) is 1. The van der Waals surface area contributed by atoms with Crippen LogP contribution in [0.25, 0.3) is 0 Å². The van der Waals surface area contributed by atoms with Crippen molar-refractivity contribution in [2.45, 2.75) is 13.8 Å². The molecule has 1 aromatic carbocycles. The molecule has 7 nitrogen and oxygen atoms in total. The van der Waals surface area contributed by atoms with Gasteiger partial charge < -0.3 is 15.8 Å². The Morgan fingerprint density at radius 2 is 2.05 bits per heavy atom. The summed E-state index contributed by atoms with van der Waals surface area (Å²) in [5.41, 5.74) is 7.13. The second-order valence-corrected chi connectivity index (χ2v) is 6.19. The first kappa shape index (κ1) is 17.3. The fourth-order valence-electron chi connectivity index (χ4n) is 1.68.